The third-order valence-electron chi connectivity index (χ3n) is 1.98. The molecule has 1 heterocycles. The number of aliphatic imine (C=N–C) groups is 1. The summed E-state index contributed by atoms with van der Waals surface area (Å²) in [4.78, 5) is 4.31. The van der Waals surface area contributed by atoms with Crippen molar-refractivity contribution in [1.29, 1.82) is 0 Å². The summed E-state index contributed by atoms with van der Waals surface area (Å²) >= 11 is 0. The standard InChI is InChI=1S/C12H11NO2/c1-14-12-5-3-2-4-11(12)13-8-10-6-7-15-9-10/h2-9H,1H3/b13-8+. The van der Waals surface area contributed by atoms with Crippen molar-refractivity contribution >= 4 is 11.9 Å². The molecule has 0 fully saturated rings. The van der Waals surface area contributed by atoms with E-state index in [4.69, 9.17) is 9.15 Å². The van der Waals surface area contributed by atoms with Gasteiger partial charge in [0.05, 0.1) is 19.6 Å². The van der Waals surface area contributed by atoms with Gasteiger partial charge in [-0.15, -0.1) is 0 Å². The van der Waals surface area contributed by atoms with E-state index >= 15 is 0 Å². The molecule has 2 rings (SSSR count). The number of ether oxygens (including phenoxy) is 1. The second-order valence-corrected chi connectivity index (χ2v) is 2.99. The minimum absolute atomic E-state index is 0.761. The highest BCUT2D eigenvalue weighted by molar-refractivity contribution is 5.82. The molecule has 1 aromatic carbocycles. The van der Waals surface area contributed by atoms with E-state index in [2.05, 4.69) is 4.99 Å². The van der Waals surface area contributed by atoms with Crippen LogP contribution in [0.2, 0.25) is 0 Å². The molecule has 0 unspecified atom stereocenters. The third kappa shape index (κ3) is 2.26. The lowest BCUT2D eigenvalue weighted by molar-refractivity contribution is 0.416. The summed E-state index contributed by atoms with van der Waals surface area (Å²) in [6, 6.07) is 9.45. The van der Waals surface area contributed by atoms with Crippen LogP contribution in [0.25, 0.3) is 0 Å². The van der Waals surface area contributed by atoms with E-state index in [0.717, 1.165) is 17.0 Å². The van der Waals surface area contributed by atoms with E-state index < -0.39 is 0 Å². The molecule has 0 bridgehead atoms. The molecule has 76 valence electrons. The molecule has 1 aromatic heterocycles. The third-order valence-corrected chi connectivity index (χ3v) is 1.98. The molecule has 15 heavy (non-hydrogen) atoms. The topological polar surface area (TPSA) is 34.7 Å². The summed E-state index contributed by atoms with van der Waals surface area (Å²) in [7, 11) is 1.63. The Balaban J connectivity index is 2.24. The monoisotopic (exact) mass is 201 g/mol. The molecular formula is C12H11NO2. The lowest BCUT2D eigenvalue weighted by atomic mass is 10.3. The Kier molecular flexibility index (Phi) is 2.83. The number of furan rings is 1. The van der Waals surface area contributed by atoms with Crippen molar-refractivity contribution in [3.05, 3.63) is 48.4 Å². The van der Waals surface area contributed by atoms with Gasteiger partial charge in [-0.25, -0.2) is 0 Å². The number of hydrogen-bond acceptors (Lipinski definition) is 3. The zero-order valence-electron chi connectivity index (χ0n) is 8.38. The zero-order chi connectivity index (χ0) is 10.5. The lowest BCUT2D eigenvalue weighted by Gasteiger charge is -2.01. The smallest absolute Gasteiger partial charge is 0.144 e. The van der Waals surface area contributed by atoms with E-state index in [1.54, 1.807) is 25.9 Å². The van der Waals surface area contributed by atoms with E-state index in [9.17, 15) is 0 Å². The van der Waals surface area contributed by atoms with Gasteiger partial charge in [-0.2, -0.15) is 0 Å². The van der Waals surface area contributed by atoms with Crippen molar-refractivity contribution in [2.75, 3.05) is 7.11 Å². The highest BCUT2D eigenvalue weighted by Crippen LogP contribution is 2.25. The summed E-state index contributed by atoms with van der Waals surface area (Å²) < 4.78 is 10.1. The van der Waals surface area contributed by atoms with E-state index in [1.165, 1.54) is 0 Å². The van der Waals surface area contributed by atoms with Gasteiger partial charge in [0.1, 0.15) is 11.4 Å². The van der Waals surface area contributed by atoms with E-state index in [-0.39, 0.29) is 0 Å². The van der Waals surface area contributed by atoms with Gasteiger partial charge in [0.25, 0.3) is 0 Å². The maximum atomic E-state index is 5.18. The lowest BCUT2D eigenvalue weighted by Crippen LogP contribution is -1.82. The van der Waals surface area contributed by atoms with Gasteiger partial charge in [0, 0.05) is 11.8 Å². The number of para-hydroxylation sites is 2. The van der Waals surface area contributed by atoms with Crippen LogP contribution in [0.3, 0.4) is 0 Å². The Hall–Kier alpha value is -2.03. The molecule has 0 aliphatic carbocycles. The molecule has 3 heteroatoms. The highest BCUT2D eigenvalue weighted by atomic mass is 16.5. The van der Waals surface area contributed by atoms with Gasteiger partial charge >= 0.3 is 0 Å². The minimum atomic E-state index is 0.761. The molecule has 0 spiro atoms. The summed E-state index contributed by atoms with van der Waals surface area (Å²) in [5.74, 6) is 0.761. The average molecular weight is 201 g/mol. The van der Waals surface area contributed by atoms with Crippen molar-refractivity contribution < 1.29 is 9.15 Å². The Morgan fingerprint density at radius 2 is 2.13 bits per heavy atom. The normalized spacial score (nSPS) is 10.7. The van der Waals surface area contributed by atoms with Crippen molar-refractivity contribution in [3.8, 4) is 5.75 Å². The van der Waals surface area contributed by atoms with Gasteiger partial charge in [0.15, 0.2) is 0 Å². The summed E-state index contributed by atoms with van der Waals surface area (Å²) in [6.07, 6.45) is 4.99. The van der Waals surface area contributed by atoms with Crippen LogP contribution in [0.5, 0.6) is 5.75 Å². The van der Waals surface area contributed by atoms with Crippen molar-refractivity contribution in [3.63, 3.8) is 0 Å². The highest BCUT2D eigenvalue weighted by Gasteiger charge is 1.97. The van der Waals surface area contributed by atoms with Crippen molar-refractivity contribution in [1.82, 2.24) is 0 Å². The number of benzene rings is 1. The molecule has 0 saturated heterocycles. The average Bonchev–Trinajstić information content (AvgIpc) is 2.79. The van der Waals surface area contributed by atoms with Crippen LogP contribution >= 0.6 is 0 Å². The Bertz CT molecular complexity index is 446. The SMILES string of the molecule is COc1ccccc1/N=C/c1ccoc1. The number of hydrogen-bond donors (Lipinski definition) is 0. The molecule has 0 atom stereocenters. The van der Waals surface area contributed by atoms with Crippen LogP contribution in [0, 0.1) is 0 Å². The molecule has 0 N–H and O–H groups in total. The minimum Gasteiger partial charge on any atom is -0.494 e. The number of methoxy groups -OCH3 is 1. The van der Waals surface area contributed by atoms with Crippen LogP contribution in [0.15, 0.2) is 52.3 Å². The maximum Gasteiger partial charge on any atom is 0.144 e. The molecule has 3 nitrogen and oxygen atoms in total. The maximum absolute atomic E-state index is 5.18. The summed E-state index contributed by atoms with van der Waals surface area (Å²) in [5, 5.41) is 0. The number of nitrogens with zero attached hydrogens (tertiary/aromatic N) is 1. The second-order valence-electron chi connectivity index (χ2n) is 2.99. The Labute approximate surface area is 88.0 Å². The molecule has 0 saturated carbocycles. The van der Waals surface area contributed by atoms with Crippen LogP contribution in [0.1, 0.15) is 5.56 Å². The summed E-state index contributed by atoms with van der Waals surface area (Å²) in [6.45, 7) is 0. The zero-order valence-corrected chi connectivity index (χ0v) is 8.38. The molecule has 0 amide bonds. The Morgan fingerprint density at radius 3 is 2.87 bits per heavy atom. The molecule has 0 aliphatic heterocycles. The summed E-state index contributed by atoms with van der Waals surface area (Å²) in [5.41, 5.74) is 1.74. The first-order chi connectivity index (χ1) is 7.40. The molecule has 0 aliphatic rings. The van der Waals surface area contributed by atoms with Gasteiger partial charge in [-0.1, -0.05) is 12.1 Å². The van der Waals surface area contributed by atoms with Crippen molar-refractivity contribution in [2.24, 2.45) is 4.99 Å². The van der Waals surface area contributed by atoms with Gasteiger partial charge in [-0.3, -0.25) is 4.99 Å². The van der Waals surface area contributed by atoms with Crippen molar-refractivity contribution in [2.45, 2.75) is 0 Å². The van der Waals surface area contributed by atoms with Gasteiger partial charge in [0.2, 0.25) is 0 Å². The van der Waals surface area contributed by atoms with E-state index in [0.29, 0.717) is 0 Å². The van der Waals surface area contributed by atoms with Crippen LogP contribution in [-0.4, -0.2) is 13.3 Å². The van der Waals surface area contributed by atoms with Crippen LogP contribution in [0.4, 0.5) is 5.69 Å². The molecule has 0 radical (unpaired) electrons. The molecular weight excluding hydrogens is 190 g/mol. The predicted octanol–water partition coefficient (Wildman–Crippen LogP) is 3.04. The largest absolute Gasteiger partial charge is 0.494 e. The van der Waals surface area contributed by atoms with Crippen LogP contribution < -0.4 is 4.74 Å². The number of rotatable bonds is 3. The predicted molar refractivity (Wildman–Crippen MR) is 59.0 cm³/mol. The fourth-order valence-corrected chi connectivity index (χ4v) is 1.23. The van der Waals surface area contributed by atoms with E-state index in [1.807, 2.05) is 30.3 Å². The quantitative estimate of drug-likeness (QED) is 0.715. The van der Waals surface area contributed by atoms with Gasteiger partial charge in [-0.05, 0) is 18.2 Å². The van der Waals surface area contributed by atoms with Crippen LogP contribution in [-0.2, 0) is 0 Å². The van der Waals surface area contributed by atoms with Gasteiger partial charge < -0.3 is 9.15 Å². The first-order valence-corrected chi connectivity index (χ1v) is 4.59. The fraction of sp³-hybridized carbons (Fsp3) is 0.0833. The molecule has 2 aromatic rings. The fourth-order valence-electron chi connectivity index (χ4n) is 1.23. The first kappa shape index (κ1) is 9.52. The second kappa shape index (κ2) is 4.46. The first-order valence-electron chi connectivity index (χ1n) is 4.59. The Morgan fingerprint density at radius 1 is 1.27 bits per heavy atom.